The SMILES string of the molecule is CCCCc1ccc(C(=O)N(CC(=O)N2CCc3sccc3C2c2ccc(Cl)cc2Cl)Cc2ccc(F)cc2)cc1. The lowest BCUT2D eigenvalue weighted by Crippen LogP contribution is -2.46. The molecule has 0 saturated carbocycles. The van der Waals surface area contributed by atoms with Crippen molar-refractivity contribution in [3.8, 4) is 0 Å². The largest absolute Gasteiger partial charge is 0.330 e. The number of benzene rings is 3. The first-order valence-corrected chi connectivity index (χ1v) is 15.4. The van der Waals surface area contributed by atoms with Crippen LogP contribution in [0.4, 0.5) is 4.39 Å². The van der Waals surface area contributed by atoms with Gasteiger partial charge in [0.15, 0.2) is 0 Å². The van der Waals surface area contributed by atoms with Crippen LogP contribution in [0, 0.1) is 5.82 Å². The molecular formula is C33H31Cl2FN2O2S. The maximum Gasteiger partial charge on any atom is 0.254 e. The first-order chi connectivity index (χ1) is 19.8. The Labute approximate surface area is 254 Å². The maximum atomic E-state index is 14.1. The monoisotopic (exact) mass is 608 g/mol. The molecular weight excluding hydrogens is 578 g/mol. The Balaban J connectivity index is 1.44. The number of carbonyl (C=O) groups excluding carboxylic acids is 2. The Kier molecular flexibility index (Phi) is 9.43. The molecule has 8 heteroatoms. The van der Waals surface area contributed by atoms with E-state index in [1.165, 1.54) is 22.6 Å². The Morgan fingerprint density at radius 1 is 0.976 bits per heavy atom. The second-order valence-corrected chi connectivity index (χ2v) is 12.1. The van der Waals surface area contributed by atoms with Crippen LogP contribution in [0.25, 0.3) is 0 Å². The Morgan fingerprint density at radius 3 is 2.41 bits per heavy atom. The summed E-state index contributed by atoms with van der Waals surface area (Å²) in [5.74, 6) is -0.792. The third kappa shape index (κ3) is 6.83. The van der Waals surface area contributed by atoms with Gasteiger partial charge in [-0.2, -0.15) is 0 Å². The fourth-order valence-corrected chi connectivity index (χ4v) is 6.70. The first-order valence-electron chi connectivity index (χ1n) is 13.8. The minimum atomic E-state index is -0.386. The molecule has 2 amide bonds. The topological polar surface area (TPSA) is 40.6 Å². The van der Waals surface area contributed by atoms with Crippen molar-refractivity contribution >= 4 is 46.4 Å². The van der Waals surface area contributed by atoms with Gasteiger partial charge in [0, 0.05) is 33.6 Å². The van der Waals surface area contributed by atoms with Gasteiger partial charge in [-0.15, -0.1) is 11.3 Å². The molecule has 1 aliphatic heterocycles. The molecule has 1 atom stereocenters. The van der Waals surface area contributed by atoms with Crippen LogP contribution >= 0.6 is 34.5 Å². The molecule has 0 spiro atoms. The lowest BCUT2D eigenvalue weighted by Gasteiger charge is -2.38. The fraction of sp³-hybridized carbons (Fsp3) is 0.273. The van der Waals surface area contributed by atoms with Gasteiger partial charge < -0.3 is 9.80 Å². The van der Waals surface area contributed by atoms with E-state index in [1.54, 1.807) is 40.5 Å². The highest BCUT2D eigenvalue weighted by Crippen LogP contribution is 2.41. The van der Waals surface area contributed by atoms with Crippen molar-refractivity contribution in [2.24, 2.45) is 0 Å². The summed E-state index contributed by atoms with van der Waals surface area (Å²) in [4.78, 5) is 32.4. The maximum absolute atomic E-state index is 14.1. The van der Waals surface area contributed by atoms with E-state index in [9.17, 15) is 14.0 Å². The molecule has 4 nitrogen and oxygen atoms in total. The van der Waals surface area contributed by atoms with Crippen molar-refractivity contribution in [2.45, 2.75) is 45.2 Å². The van der Waals surface area contributed by atoms with Gasteiger partial charge in [0.25, 0.3) is 5.91 Å². The smallest absolute Gasteiger partial charge is 0.254 e. The number of rotatable bonds is 9. The molecule has 1 aliphatic rings. The number of carbonyl (C=O) groups is 2. The number of hydrogen-bond donors (Lipinski definition) is 0. The lowest BCUT2D eigenvalue weighted by atomic mass is 9.93. The summed E-state index contributed by atoms with van der Waals surface area (Å²) in [6.07, 6.45) is 3.86. The van der Waals surface area contributed by atoms with Crippen molar-refractivity contribution < 1.29 is 14.0 Å². The predicted molar refractivity (Wildman–Crippen MR) is 164 cm³/mol. The van der Waals surface area contributed by atoms with Crippen molar-refractivity contribution in [3.05, 3.63) is 127 Å². The van der Waals surface area contributed by atoms with Crippen molar-refractivity contribution in [3.63, 3.8) is 0 Å². The Morgan fingerprint density at radius 2 is 1.71 bits per heavy atom. The molecule has 1 unspecified atom stereocenters. The van der Waals surface area contributed by atoms with Gasteiger partial charge in [-0.05, 0) is 89.4 Å². The van der Waals surface area contributed by atoms with Crippen LogP contribution < -0.4 is 0 Å². The van der Waals surface area contributed by atoms with E-state index in [4.69, 9.17) is 23.2 Å². The third-order valence-electron chi connectivity index (χ3n) is 7.46. The zero-order valence-electron chi connectivity index (χ0n) is 22.8. The number of aryl methyl sites for hydroxylation is 1. The van der Waals surface area contributed by atoms with E-state index in [1.807, 2.05) is 46.7 Å². The molecule has 3 aromatic carbocycles. The molecule has 2 heterocycles. The second-order valence-electron chi connectivity index (χ2n) is 10.3. The number of fused-ring (bicyclic) bond motifs is 1. The van der Waals surface area contributed by atoms with Crippen LogP contribution in [0.3, 0.4) is 0 Å². The fourth-order valence-electron chi connectivity index (χ4n) is 5.28. The summed E-state index contributed by atoms with van der Waals surface area (Å²) in [5, 5.41) is 3.04. The minimum Gasteiger partial charge on any atom is -0.330 e. The third-order valence-corrected chi connectivity index (χ3v) is 9.02. The van der Waals surface area contributed by atoms with Crippen LogP contribution in [0.5, 0.6) is 0 Å². The van der Waals surface area contributed by atoms with E-state index in [2.05, 4.69) is 6.92 Å². The van der Waals surface area contributed by atoms with Crippen molar-refractivity contribution in [1.82, 2.24) is 9.80 Å². The van der Waals surface area contributed by atoms with E-state index in [-0.39, 0.29) is 36.8 Å². The normalized spacial score (nSPS) is 14.5. The van der Waals surface area contributed by atoms with E-state index in [0.29, 0.717) is 22.2 Å². The van der Waals surface area contributed by atoms with Gasteiger partial charge in [0.2, 0.25) is 5.91 Å². The Hall–Kier alpha value is -3.19. The molecule has 5 rings (SSSR count). The zero-order valence-corrected chi connectivity index (χ0v) is 25.1. The number of halogens is 3. The summed E-state index contributed by atoms with van der Waals surface area (Å²) in [5.41, 5.74) is 4.26. The van der Waals surface area contributed by atoms with E-state index >= 15 is 0 Å². The molecule has 212 valence electrons. The van der Waals surface area contributed by atoms with Crippen molar-refractivity contribution in [1.29, 1.82) is 0 Å². The number of unbranched alkanes of at least 4 members (excludes halogenated alkanes) is 1. The highest BCUT2D eigenvalue weighted by molar-refractivity contribution is 7.10. The molecule has 0 N–H and O–H groups in total. The van der Waals surface area contributed by atoms with Gasteiger partial charge in [-0.25, -0.2) is 4.39 Å². The summed E-state index contributed by atoms with van der Waals surface area (Å²) in [6.45, 7) is 2.69. The molecule has 0 aliphatic carbocycles. The van der Waals surface area contributed by atoms with Gasteiger partial charge in [0.05, 0.1) is 6.04 Å². The van der Waals surface area contributed by atoms with Crippen LogP contribution in [0.2, 0.25) is 10.0 Å². The molecule has 0 fully saturated rings. The quantitative estimate of drug-likeness (QED) is 0.191. The van der Waals surface area contributed by atoms with Crippen LogP contribution in [0.15, 0.2) is 78.2 Å². The average Bonchev–Trinajstić information content (AvgIpc) is 3.46. The van der Waals surface area contributed by atoms with Gasteiger partial charge in [-0.1, -0.05) is 66.9 Å². The van der Waals surface area contributed by atoms with Crippen LogP contribution in [-0.4, -0.2) is 34.7 Å². The lowest BCUT2D eigenvalue weighted by molar-refractivity contribution is -0.134. The number of thiophene rings is 1. The summed E-state index contributed by atoms with van der Waals surface area (Å²) in [6, 6.07) is 20.6. The minimum absolute atomic E-state index is 0.130. The van der Waals surface area contributed by atoms with Crippen LogP contribution in [0.1, 0.15) is 63.3 Å². The highest BCUT2D eigenvalue weighted by Gasteiger charge is 2.35. The summed E-state index contributed by atoms with van der Waals surface area (Å²) < 4.78 is 13.6. The first kappa shape index (κ1) is 29.3. The standard InChI is InChI=1S/C33H31Cl2FN2O2S/c1-2-3-4-22-5-9-24(10-6-22)33(40)37(20-23-7-12-26(36)13-8-23)21-31(39)38-17-15-30-28(16-18-41-30)32(38)27-14-11-25(34)19-29(27)35/h5-14,16,18-19,32H,2-4,15,17,20-21H2,1H3. The number of hydrogen-bond acceptors (Lipinski definition) is 3. The zero-order chi connectivity index (χ0) is 28.9. The molecule has 0 bridgehead atoms. The van der Waals surface area contributed by atoms with Gasteiger partial charge in [-0.3, -0.25) is 9.59 Å². The highest BCUT2D eigenvalue weighted by atomic mass is 35.5. The Bertz CT molecular complexity index is 1520. The van der Waals surface area contributed by atoms with E-state index in [0.717, 1.165) is 42.4 Å². The van der Waals surface area contributed by atoms with Gasteiger partial charge >= 0.3 is 0 Å². The molecule has 0 saturated heterocycles. The van der Waals surface area contributed by atoms with Gasteiger partial charge in [0.1, 0.15) is 12.4 Å². The second kappa shape index (κ2) is 13.2. The molecule has 4 aromatic rings. The number of amides is 2. The molecule has 1 aromatic heterocycles. The predicted octanol–water partition coefficient (Wildman–Crippen LogP) is 8.35. The van der Waals surface area contributed by atoms with E-state index < -0.39 is 0 Å². The van der Waals surface area contributed by atoms with Crippen LogP contribution in [-0.2, 0) is 24.2 Å². The molecule has 41 heavy (non-hydrogen) atoms. The summed E-state index contributed by atoms with van der Waals surface area (Å²) in [7, 11) is 0. The van der Waals surface area contributed by atoms with Crippen molar-refractivity contribution in [2.75, 3.05) is 13.1 Å². The number of nitrogens with zero attached hydrogens (tertiary/aromatic N) is 2. The average molecular weight is 610 g/mol. The summed E-state index contributed by atoms with van der Waals surface area (Å²) >= 11 is 14.5. The molecule has 0 radical (unpaired) electrons.